The van der Waals surface area contributed by atoms with Gasteiger partial charge >= 0.3 is 7.12 Å². The minimum atomic E-state index is -0.868. The summed E-state index contributed by atoms with van der Waals surface area (Å²) < 4.78 is 11.0. The SMILES string of the molecule is [C-]#[N+]c1ccc(Oc2ccc3c(c2)COB3O)nc1NC(C)(C)C. The Morgan fingerprint density at radius 3 is 2.83 bits per heavy atom. The summed E-state index contributed by atoms with van der Waals surface area (Å²) in [6.45, 7) is 13.6. The lowest BCUT2D eigenvalue weighted by molar-refractivity contribution is 0.275. The van der Waals surface area contributed by atoms with Crippen molar-refractivity contribution in [3.8, 4) is 11.6 Å². The van der Waals surface area contributed by atoms with Gasteiger partial charge in [0.2, 0.25) is 11.6 Å². The summed E-state index contributed by atoms with van der Waals surface area (Å²) in [6.07, 6.45) is 0. The van der Waals surface area contributed by atoms with E-state index in [4.69, 9.17) is 16.0 Å². The highest BCUT2D eigenvalue weighted by Gasteiger charge is 2.27. The van der Waals surface area contributed by atoms with Gasteiger partial charge in [0.05, 0.1) is 13.2 Å². The summed E-state index contributed by atoms with van der Waals surface area (Å²) in [5, 5.41) is 12.9. The Morgan fingerprint density at radius 1 is 1.33 bits per heavy atom. The molecule has 2 heterocycles. The van der Waals surface area contributed by atoms with E-state index in [9.17, 15) is 5.02 Å². The summed E-state index contributed by atoms with van der Waals surface area (Å²) in [7, 11) is -0.868. The highest BCUT2D eigenvalue weighted by molar-refractivity contribution is 6.61. The zero-order chi connectivity index (χ0) is 17.3. The highest BCUT2D eigenvalue weighted by Crippen LogP contribution is 2.30. The molecule has 1 aliphatic heterocycles. The molecule has 0 saturated carbocycles. The van der Waals surface area contributed by atoms with Crippen molar-refractivity contribution in [3.63, 3.8) is 0 Å². The molecule has 3 rings (SSSR count). The predicted molar refractivity (Wildman–Crippen MR) is 92.8 cm³/mol. The number of anilines is 1. The van der Waals surface area contributed by atoms with Crippen LogP contribution in [0.15, 0.2) is 30.3 Å². The molecule has 24 heavy (non-hydrogen) atoms. The molecule has 0 spiro atoms. The van der Waals surface area contributed by atoms with Crippen LogP contribution in [0.3, 0.4) is 0 Å². The van der Waals surface area contributed by atoms with E-state index in [1.807, 2.05) is 26.8 Å². The molecule has 0 aliphatic carbocycles. The Hall–Kier alpha value is -2.56. The summed E-state index contributed by atoms with van der Waals surface area (Å²) in [5.74, 6) is 1.50. The molecule has 0 unspecified atom stereocenters. The van der Waals surface area contributed by atoms with E-state index in [1.54, 1.807) is 24.3 Å². The van der Waals surface area contributed by atoms with Crippen LogP contribution in [0.2, 0.25) is 0 Å². The van der Waals surface area contributed by atoms with Gasteiger partial charge in [-0.05, 0) is 56.1 Å². The number of pyridine rings is 1. The molecule has 7 heteroatoms. The van der Waals surface area contributed by atoms with E-state index >= 15 is 0 Å². The first-order chi connectivity index (χ1) is 11.4. The number of aromatic nitrogens is 1. The van der Waals surface area contributed by atoms with Crippen LogP contribution in [0.25, 0.3) is 4.85 Å². The standard InChI is InChI=1S/C17H18BN3O3/c1-17(2,3)21-16-14(19-4)7-8-15(20-16)24-12-5-6-13-11(9-12)10-23-18(13)22/h5-9,22H,10H2,1-3H3,(H,20,21). The van der Waals surface area contributed by atoms with E-state index in [1.165, 1.54) is 0 Å². The first-order valence-electron chi connectivity index (χ1n) is 7.63. The molecule has 1 aromatic carbocycles. The Kier molecular flexibility index (Phi) is 4.18. The molecule has 0 amide bonds. The molecule has 0 fully saturated rings. The molecule has 1 aromatic heterocycles. The lowest BCUT2D eigenvalue weighted by Gasteiger charge is -2.22. The van der Waals surface area contributed by atoms with Crippen LogP contribution in [0, 0.1) is 6.57 Å². The Bertz CT molecular complexity index is 812. The van der Waals surface area contributed by atoms with Crippen LogP contribution >= 0.6 is 0 Å². The van der Waals surface area contributed by atoms with Gasteiger partial charge in [-0.1, -0.05) is 6.07 Å². The van der Waals surface area contributed by atoms with Crippen LogP contribution in [0.5, 0.6) is 11.6 Å². The maximum Gasteiger partial charge on any atom is 0.491 e. The van der Waals surface area contributed by atoms with Gasteiger partial charge in [0, 0.05) is 5.54 Å². The lowest BCUT2D eigenvalue weighted by atomic mass is 9.80. The Labute approximate surface area is 141 Å². The summed E-state index contributed by atoms with van der Waals surface area (Å²) in [6, 6.07) is 8.72. The van der Waals surface area contributed by atoms with Crippen molar-refractivity contribution in [3.05, 3.63) is 47.3 Å². The number of benzene rings is 1. The minimum Gasteiger partial charge on any atom is -0.439 e. The fourth-order valence-electron chi connectivity index (χ4n) is 2.42. The van der Waals surface area contributed by atoms with Crippen molar-refractivity contribution in [1.82, 2.24) is 4.98 Å². The molecule has 0 bridgehead atoms. The Morgan fingerprint density at radius 2 is 2.12 bits per heavy atom. The van der Waals surface area contributed by atoms with Gasteiger partial charge in [0.1, 0.15) is 11.6 Å². The van der Waals surface area contributed by atoms with Crippen LogP contribution in [-0.2, 0) is 11.3 Å². The molecular formula is C17H18BN3O3. The van der Waals surface area contributed by atoms with Gasteiger partial charge in [0.25, 0.3) is 0 Å². The average Bonchev–Trinajstić information content (AvgIpc) is 2.87. The van der Waals surface area contributed by atoms with Crippen LogP contribution in [0.4, 0.5) is 11.5 Å². The fourth-order valence-corrected chi connectivity index (χ4v) is 2.42. The molecule has 0 radical (unpaired) electrons. The number of nitrogens with zero attached hydrogens (tertiary/aromatic N) is 2. The number of nitrogens with one attached hydrogen (secondary N) is 1. The van der Waals surface area contributed by atoms with Crippen molar-refractivity contribution in [2.45, 2.75) is 32.9 Å². The number of ether oxygens (including phenoxy) is 1. The summed E-state index contributed by atoms with van der Waals surface area (Å²) in [5.41, 5.74) is 1.88. The molecule has 122 valence electrons. The zero-order valence-electron chi connectivity index (χ0n) is 13.8. The average molecular weight is 323 g/mol. The number of hydrogen-bond donors (Lipinski definition) is 2. The second kappa shape index (κ2) is 6.15. The molecule has 2 N–H and O–H groups in total. The molecule has 1 aliphatic rings. The molecule has 0 saturated heterocycles. The van der Waals surface area contributed by atoms with Crippen LogP contribution < -0.4 is 15.5 Å². The number of fused-ring (bicyclic) bond motifs is 1. The fraction of sp³-hybridized carbons (Fsp3) is 0.294. The van der Waals surface area contributed by atoms with Gasteiger partial charge in [-0.15, -0.1) is 0 Å². The second-order valence-electron chi connectivity index (χ2n) is 6.63. The maximum absolute atomic E-state index is 9.65. The van der Waals surface area contributed by atoms with Crippen LogP contribution in [0.1, 0.15) is 26.3 Å². The van der Waals surface area contributed by atoms with Crippen molar-refractivity contribution < 1.29 is 14.4 Å². The largest absolute Gasteiger partial charge is 0.491 e. The van der Waals surface area contributed by atoms with E-state index in [-0.39, 0.29) is 5.54 Å². The van der Waals surface area contributed by atoms with Gasteiger partial charge in [0.15, 0.2) is 0 Å². The quantitative estimate of drug-likeness (QED) is 0.671. The van der Waals surface area contributed by atoms with E-state index in [0.29, 0.717) is 29.7 Å². The predicted octanol–water partition coefficient (Wildman–Crippen LogP) is 2.85. The molecule has 2 aromatic rings. The summed E-state index contributed by atoms with van der Waals surface area (Å²) in [4.78, 5) is 7.89. The Balaban J connectivity index is 1.86. The van der Waals surface area contributed by atoms with Crippen molar-refractivity contribution in [2.24, 2.45) is 0 Å². The third-order valence-electron chi connectivity index (χ3n) is 3.46. The first kappa shape index (κ1) is 16.3. The van der Waals surface area contributed by atoms with Gasteiger partial charge < -0.3 is 19.7 Å². The minimum absolute atomic E-state index is 0.216. The van der Waals surface area contributed by atoms with Gasteiger partial charge in [-0.2, -0.15) is 0 Å². The third-order valence-corrected chi connectivity index (χ3v) is 3.46. The molecular weight excluding hydrogens is 305 g/mol. The van der Waals surface area contributed by atoms with E-state index in [2.05, 4.69) is 15.1 Å². The van der Waals surface area contributed by atoms with E-state index < -0.39 is 7.12 Å². The number of hydrogen-bond acceptors (Lipinski definition) is 5. The van der Waals surface area contributed by atoms with Gasteiger partial charge in [-0.3, -0.25) is 0 Å². The second-order valence-corrected chi connectivity index (χ2v) is 6.63. The number of rotatable bonds is 3. The third kappa shape index (κ3) is 3.50. The van der Waals surface area contributed by atoms with Crippen molar-refractivity contribution in [2.75, 3.05) is 5.32 Å². The monoisotopic (exact) mass is 323 g/mol. The van der Waals surface area contributed by atoms with Crippen molar-refractivity contribution in [1.29, 1.82) is 0 Å². The normalized spacial score (nSPS) is 13.4. The van der Waals surface area contributed by atoms with E-state index in [0.717, 1.165) is 11.0 Å². The van der Waals surface area contributed by atoms with Crippen molar-refractivity contribution >= 4 is 24.1 Å². The molecule has 6 nitrogen and oxygen atoms in total. The smallest absolute Gasteiger partial charge is 0.439 e. The topological polar surface area (TPSA) is 68.0 Å². The lowest BCUT2D eigenvalue weighted by Crippen LogP contribution is -2.27. The summed E-state index contributed by atoms with van der Waals surface area (Å²) >= 11 is 0. The molecule has 0 atom stereocenters. The first-order valence-corrected chi connectivity index (χ1v) is 7.63. The highest BCUT2D eigenvalue weighted by atomic mass is 16.5. The zero-order valence-corrected chi connectivity index (χ0v) is 13.8. The van der Waals surface area contributed by atoms with Gasteiger partial charge in [-0.25, -0.2) is 9.83 Å². The maximum atomic E-state index is 9.65. The van der Waals surface area contributed by atoms with Crippen LogP contribution in [-0.4, -0.2) is 22.7 Å².